The van der Waals surface area contributed by atoms with Crippen LogP contribution >= 0.6 is 0 Å². The normalized spacial score (nSPS) is 24.4. The Morgan fingerprint density at radius 2 is 1.82 bits per heavy atom. The molecule has 2 fully saturated rings. The minimum Gasteiger partial charge on any atom is -0.366 e. The van der Waals surface area contributed by atoms with Crippen LogP contribution in [0, 0.1) is 18.3 Å². The predicted molar refractivity (Wildman–Crippen MR) is 111 cm³/mol. The largest absolute Gasteiger partial charge is 0.366 e. The lowest BCUT2D eigenvalue weighted by molar-refractivity contribution is -0.152. The first kappa shape index (κ1) is 26.1. The second-order valence-corrected chi connectivity index (χ2v) is 6.27. The van der Waals surface area contributed by atoms with Crippen LogP contribution in [0.5, 0.6) is 0 Å². The maximum Gasteiger partial charge on any atom is 0.330 e. The summed E-state index contributed by atoms with van der Waals surface area (Å²) in [6.07, 6.45) is 11.1. The molecule has 1 aromatic heterocycles. The molecule has 3 atom stereocenters. The van der Waals surface area contributed by atoms with Crippen molar-refractivity contribution < 1.29 is 14.9 Å². The van der Waals surface area contributed by atoms with E-state index in [4.69, 9.17) is 21.4 Å². The number of terminal acetylenes is 1. The van der Waals surface area contributed by atoms with Crippen LogP contribution in [-0.4, -0.2) is 31.7 Å². The van der Waals surface area contributed by atoms with Gasteiger partial charge < -0.3 is 14.9 Å². The average molecular weight is 397 g/mol. The number of hydrogen-bond acceptors (Lipinski definition) is 5. The fourth-order valence-electron chi connectivity index (χ4n) is 2.99. The van der Waals surface area contributed by atoms with Gasteiger partial charge in [-0.2, -0.15) is 0 Å². The van der Waals surface area contributed by atoms with Crippen molar-refractivity contribution >= 4 is 0 Å². The van der Waals surface area contributed by atoms with Crippen LogP contribution in [0.25, 0.3) is 0 Å². The van der Waals surface area contributed by atoms with E-state index in [1.54, 1.807) is 0 Å². The fraction of sp³-hybridized carbons (Fsp3) is 0.714. The van der Waals surface area contributed by atoms with Gasteiger partial charge in [0.1, 0.15) is 0 Å². The first-order valence-electron chi connectivity index (χ1n) is 10.2. The molecule has 1 saturated carbocycles. The summed E-state index contributed by atoms with van der Waals surface area (Å²) in [6.45, 7) is 10.0. The summed E-state index contributed by atoms with van der Waals surface area (Å²) < 4.78 is 7.07. The molecule has 0 bridgehead atoms. The number of H-pyrrole nitrogens is 1. The Balaban J connectivity index is 0.000000553. The zero-order valence-electron chi connectivity index (χ0n) is 17.8. The highest BCUT2D eigenvalue weighted by molar-refractivity contribution is 5.01. The van der Waals surface area contributed by atoms with Crippen molar-refractivity contribution in [1.29, 1.82) is 0 Å². The molecule has 28 heavy (non-hydrogen) atoms. The second-order valence-electron chi connectivity index (χ2n) is 6.27. The topological polar surface area (TPSA) is 105 Å². The summed E-state index contributed by atoms with van der Waals surface area (Å²) in [5.74, 6) is 1.20. The quantitative estimate of drug-likeness (QED) is 0.527. The lowest BCUT2D eigenvalue weighted by Crippen LogP contribution is -2.33. The standard InChI is InChI=1S/C12H14N2O3.C5H10O2.2C2H6/c1-3-8-7-9(4-2)17-11(8)14-6-5-10(15)13-12(14)16;6-5(7)3-1-2-4-5;2*1-2/h1,5-6,8-9,11H,4,7H2,2H3,(H,13,15,16);6-7H,1-4H2;2*1-2H3. The van der Waals surface area contributed by atoms with Crippen molar-refractivity contribution in [3.05, 3.63) is 33.1 Å². The third kappa shape index (κ3) is 8.01. The first-order valence-corrected chi connectivity index (χ1v) is 10.2. The molecule has 1 aliphatic heterocycles. The summed E-state index contributed by atoms with van der Waals surface area (Å²) in [5.41, 5.74) is -0.909. The van der Waals surface area contributed by atoms with Gasteiger partial charge in [-0.05, 0) is 25.7 Å². The summed E-state index contributed by atoms with van der Waals surface area (Å²) in [5, 5.41) is 17.5. The minimum absolute atomic E-state index is 0.0693. The van der Waals surface area contributed by atoms with Crippen molar-refractivity contribution in [2.45, 2.75) is 91.3 Å². The summed E-state index contributed by atoms with van der Waals surface area (Å²) >= 11 is 0. The highest BCUT2D eigenvalue weighted by atomic mass is 16.5. The summed E-state index contributed by atoms with van der Waals surface area (Å²) in [7, 11) is 0. The van der Waals surface area contributed by atoms with E-state index in [-0.39, 0.29) is 12.0 Å². The number of aliphatic hydroxyl groups is 2. The molecule has 2 heterocycles. The Labute approximate surface area is 167 Å². The van der Waals surface area contributed by atoms with Crippen molar-refractivity contribution in [1.82, 2.24) is 9.55 Å². The smallest absolute Gasteiger partial charge is 0.330 e. The monoisotopic (exact) mass is 396 g/mol. The maximum absolute atomic E-state index is 11.6. The van der Waals surface area contributed by atoms with Crippen molar-refractivity contribution in [2.75, 3.05) is 0 Å². The lowest BCUT2D eigenvalue weighted by atomic mass is 10.0. The molecular formula is C21H36N2O5. The fourth-order valence-corrected chi connectivity index (χ4v) is 2.99. The molecule has 0 amide bonds. The van der Waals surface area contributed by atoms with Crippen LogP contribution in [-0.2, 0) is 4.74 Å². The van der Waals surface area contributed by atoms with Gasteiger partial charge in [0.25, 0.3) is 5.56 Å². The Kier molecular flexibility index (Phi) is 12.4. The molecule has 0 aromatic carbocycles. The van der Waals surface area contributed by atoms with Crippen molar-refractivity contribution in [3.8, 4) is 12.3 Å². The Hall–Kier alpha value is -1.88. The highest BCUT2D eigenvalue weighted by Crippen LogP contribution is 2.34. The molecule has 3 unspecified atom stereocenters. The van der Waals surface area contributed by atoms with Gasteiger partial charge in [0.05, 0.1) is 12.0 Å². The van der Waals surface area contributed by atoms with Gasteiger partial charge in [0.2, 0.25) is 0 Å². The van der Waals surface area contributed by atoms with Crippen LogP contribution in [0.3, 0.4) is 0 Å². The Morgan fingerprint density at radius 3 is 2.21 bits per heavy atom. The molecule has 1 aromatic rings. The molecule has 3 rings (SSSR count). The van der Waals surface area contributed by atoms with Crippen LogP contribution in [0.2, 0.25) is 0 Å². The molecule has 160 valence electrons. The van der Waals surface area contributed by atoms with Gasteiger partial charge in [0, 0.05) is 25.1 Å². The van der Waals surface area contributed by atoms with Gasteiger partial charge in [-0.15, -0.1) is 6.42 Å². The molecule has 3 N–H and O–H groups in total. The SMILES string of the molecule is C#CC1CC(CC)OC1n1ccc(=O)[nH]c1=O.CC.CC.OC1(O)CCCC1. The third-order valence-electron chi connectivity index (χ3n) is 4.39. The molecular weight excluding hydrogens is 360 g/mol. The van der Waals surface area contributed by atoms with Gasteiger partial charge in [-0.1, -0.05) is 40.5 Å². The van der Waals surface area contributed by atoms with Crippen LogP contribution in [0.4, 0.5) is 0 Å². The third-order valence-corrected chi connectivity index (χ3v) is 4.39. The van der Waals surface area contributed by atoms with Crippen molar-refractivity contribution in [2.24, 2.45) is 5.92 Å². The minimum atomic E-state index is -1.31. The highest BCUT2D eigenvalue weighted by Gasteiger charge is 2.34. The molecule has 1 aliphatic carbocycles. The average Bonchev–Trinajstić information content (AvgIpc) is 3.30. The predicted octanol–water partition coefficient (Wildman–Crippen LogP) is 2.78. The van der Waals surface area contributed by atoms with Crippen LogP contribution in [0.1, 0.15) is 79.4 Å². The van der Waals surface area contributed by atoms with E-state index in [1.165, 1.54) is 16.8 Å². The number of hydrogen-bond donors (Lipinski definition) is 3. The van der Waals surface area contributed by atoms with Gasteiger partial charge in [-0.3, -0.25) is 14.3 Å². The van der Waals surface area contributed by atoms with Gasteiger partial charge in [0.15, 0.2) is 12.0 Å². The Bertz CT molecular complexity index is 694. The van der Waals surface area contributed by atoms with Crippen LogP contribution < -0.4 is 11.2 Å². The molecule has 7 nitrogen and oxygen atoms in total. The number of rotatable bonds is 2. The summed E-state index contributed by atoms with van der Waals surface area (Å²) in [4.78, 5) is 24.8. The van der Waals surface area contributed by atoms with Crippen LogP contribution in [0.15, 0.2) is 21.9 Å². The Morgan fingerprint density at radius 1 is 1.25 bits per heavy atom. The molecule has 1 saturated heterocycles. The van der Waals surface area contributed by atoms with E-state index in [0.29, 0.717) is 12.8 Å². The van der Waals surface area contributed by atoms with E-state index in [2.05, 4.69) is 10.9 Å². The van der Waals surface area contributed by atoms with E-state index in [0.717, 1.165) is 25.7 Å². The second kappa shape index (κ2) is 13.3. The van der Waals surface area contributed by atoms with Gasteiger partial charge in [-0.25, -0.2) is 4.79 Å². The summed E-state index contributed by atoms with van der Waals surface area (Å²) in [6, 6.07) is 1.29. The molecule has 2 aliphatic rings. The van der Waals surface area contributed by atoms with E-state index >= 15 is 0 Å². The maximum atomic E-state index is 11.6. The van der Waals surface area contributed by atoms with E-state index in [9.17, 15) is 9.59 Å². The number of aromatic nitrogens is 2. The number of nitrogens with zero attached hydrogens (tertiary/aromatic N) is 1. The molecule has 7 heteroatoms. The van der Waals surface area contributed by atoms with E-state index in [1.807, 2.05) is 34.6 Å². The number of nitrogens with one attached hydrogen (secondary N) is 1. The number of ether oxygens (including phenoxy) is 1. The number of aromatic amines is 1. The molecule has 0 spiro atoms. The first-order chi connectivity index (χ1) is 13.4. The molecule has 0 radical (unpaired) electrons. The van der Waals surface area contributed by atoms with E-state index < -0.39 is 23.3 Å². The zero-order valence-corrected chi connectivity index (χ0v) is 17.8. The van der Waals surface area contributed by atoms with Crippen molar-refractivity contribution in [3.63, 3.8) is 0 Å². The zero-order chi connectivity index (χ0) is 21.7. The lowest BCUT2D eigenvalue weighted by Gasteiger charge is -2.16. The van der Waals surface area contributed by atoms with Gasteiger partial charge >= 0.3 is 5.69 Å².